The van der Waals surface area contributed by atoms with Gasteiger partial charge in [0.25, 0.3) is 0 Å². The Bertz CT molecular complexity index is 487. The summed E-state index contributed by atoms with van der Waals surface area (Å²) < 4.78 is 1.92. The van der Waals surface area contributed by atoms with Crippen LogP contribution in [0.4, 0.5) is 0 Å². The Kier molecular flexibility index (Phi) is 3.62. The van der Waals surface area contributed by atoms with E-state index in [0.717, 1.165) is 0 Å². The molecule has 0 N–H and O–H groups in total. The number of benzene rings is 1. The Balaban J connectivity index is 1.83. The van der Waals surface area contributed by atoms with Crippen LogP contribution in [0.1, 0.15) is 50.1 Å². The van der Waals surface area contributed by atoms with Gasteiger partial charge in [-0.25, -0.2) is 0 Å². The molecule has 1 heterocycles. The Hall–Kier alpha value is -1.64. The van der Waals surface area contributed by atoms with E-state index in [1.165, 1.54) is 37.7 Å². The molecule has 3 nitrogen and oxygen atoms in total. The Morgan fingerprint density at radius 2 is 1.84 bits per heavy atom. The highest BCUT2D eigenvalue weighted by molar-refractivity contribution is 5.73. The van der Waals surface area contributed by atoms with Crippen molar-refractivity contribution in [1.82, 2.24) is 0 Å². The second kappa shape index (κ2) is 5.55. The largest absolute Gasteiger partial charge is 0.857 e. The van der Waals surface area contributed by atoms with Crippen LogP contribution in [0.25, 0.3) is 0 Å². The Labute approximate surface area is 114 Å². The molecule has 1 fully saturated rings. The standard InChI is InChI=1S/C16H20N2O/c19-16-11-15(14-9-5-2-6-10-14)18(17-16)12-13-7-3-1-4-8-13/h2,5-6,9-10,12-13,15H,1,3-4,7-8,11H2/b18-12-. The summed E-state index contributed by atoms with van der Waals surface area (Å²) in [4.78, 5) is 0. The van der Waals surface area contributed by atoms with Gasteiger partial charge in [-0.3, -0.25) is 0 Å². The van der Waals surface area contributed by atoms with Crippen molar-refractivity contribution in [3.8, 4) is 0 Å². The molecule has 1 saturated carbocycles. The van der Waals surface area contributed by atoms with E-state index in [4.69, 9.17) is 0 Å². The van der Waals surface area contributed by atoms with Gasteiger partial charge in [0.1, 0.15) is 0 Å². The number of rotatable bonds is 2. The van der Waals surface area contributed by atoms with Gasteiger partial charge in [0.05, 0.1) is 6.42 Å². The molecule has 1 atom stereocenters. The van der Waals surface area contributed by atoms with Crippen LogP contribution in [-0.4, -0.2) is 16.8 Å². The van der Waals surface area contributed by atoms with Crippen molar-refractivity contribution in [3.63, 3.8) is 0 Å². The highest BCUT2D eigenvalue weighted by Crippen LogP contribution is 2.28. The zero-order valence-corrected chi connectivity index (χ0v) is 11.2. The number of nitrogens with zero attached hydrogens (tertiary/aromatic N) is 2. The number of hydrogen-bond acceptors (Lipinski definition) is 2. The van der Waals surface area contributed by atoms with E-state index < -0.39 is 0 Å². The zero-order valence-electron chi connectivity index (χ0n) is 11.2. The lowest BCUT2D eigenvalue weighted by Crippen LogP contribution is -2.17. The van der Waals surface area contributed by atoms with Crippen LogP contribution in [0, 0.1) is 5.92 Å². The molecule has 1 unspecified atom stereocenters. The molecule has 1 aliphatic carbocycles. The van der Waals surface area contributed by atoms with Crippen molar-refractivity contribution < 1.29 is 9.79 Å². The van der Waals surface area contributed by atoms with Gasteiger partial charge in [-0.05, 0) is 17.9 Å². The fourth-order valence-electron chi connectivity index (χ4n) is 3.08. The highest BCUT2D eigenvalue weighted by Gasteiger charge is 2.30. The summed E-state index contributed by atoms with van der Waals surface area (Å²) in [6, 6.07) is 10.3. The summed E-state index contributed by atoms with van der Waals surface area (Å²) >= 11 is 0. The number of hydrazone groups is 1. The first kappa shape index (κ1) is 12.4. The molecule has 3 heteroatoms. The topological polar surface area (TPSA) is 38.4 Å². The summed E-state index contributed by atoms with van der Waals surface area (Å²) in [7, 11) is 0. The van der Waals surface area contributed by atoms with E-state index in [-0.39, 0.29) is 11.9 Å². The Morgan fingerprint density at radius 3 is 2.58 bits per heavy atom. The van der Waals surface area contributed by atoms with E-state index in [2.05, 4.69) is 23.4 Å². The Morgan fingerprint density at radius 1 is 1.11 bits per heavy atom. The molecule has 3 rings (SSSR count). The van der Waals surface area contributed by atoms with Gasteiger partial charge >= 0.3 is 0 Å². The van der Waals surface area contributed by atoms with Crippen molar-refractivity contribution >= 4 is 12.1 Å². The lowest BCUT2D eigenvalue weighted by molar-refractivity contribution is -0.566. The minimum atomic E-state index is 0.000845. The van der Waals surface area contributed by atoms with Crippen LogP contribution in [0.3, 0.4) is 0 Å². The summed E-state index contributed by atoms with van der Waals surface area (Å²) in [5.41, 5.74) is 1.18. The lowest BCUT2D eigenvalue weighted by Gasteiger charge is -2.16. The normalized spacial score (nSPS) is 26.6. The quantitative estimate of drug-likeness (QED) is 0.749. The van der Waals surface area contributed by atoms with Crippen LogP contribution in [0.2, 0.25) is 0 Å². The minimum absolute atomic E-state index is 0.000845. The molecule has 100 valence electrons. The molecule has 0 aromatic heterocycles. The second-order valence-electron chi connectivity index (χ2n) is 5.55. The van der Waals surface area contributed by atoms with Crippen molar-refractivity contribution in [1.29, 1.82) is 0 Å². The first-order valence-electron chi connectivity index (χ1n) is 7.26. The van der Waals surface area contributed by atoms with Crippen molar-refractivity contribution in [3.05, 3.63) is 35.9 Å². The second-order valence-corrected chi connectivity index (χ2v) is 5.55. The maximum absolute atomic E-state index is 11.7. The van der Waals surface area contributed by atoms with Crippen LogP contribution in [0.15, 0.2) is 35.4 Å². The minimum Gasteiger partial charge on any atom is -0.857 e. The molecule has 0 radical (unpaired) electrons. The SMILES string of the molecule is [O-]C1=N/[N+](=C\C2CCCCC2)C(c2ccccc2)C1. The van der Waals surface area contributed by atoms with Gasteiger partial charge < -0.3 is 5.11 Å². The molecular formula is C16H20N2O. The fourth-order valence-corrected chi connectivity index (χ4v) is 3.08. The summed E-state index contributed by atoms with van der Waals surface area (Å²) in [5.74, 6) is 0.593. The van der Waals surface area contributed by atoms with Gasteiger partial charge in [0.2, 0.25) is 6.04 Å². The van der Waals surface area contributed by atoms with Crippen molar-refractivity contribution in [2.75, 3.05) is 0 Å². The number of hydrogen-bond donors (Lipinski definition) is 0. The molecule has 19 heavy (non-hydrogen) atoms. The summed E-state index contributed by atoms with van der Waals surface area (Å²) in [5, 5.41) is 15.8. The molecule has 1 aromatic carbocycles. The molecule has 1 aromatic rings. The molecular weight excluding hydrogens is 236 g/mol. The van der Waals surface area contributed by atoms with Crippen LogP contribution in [-0.2, 0) is 0 Å². The average Bonchev–Trinajstić information content (AvgIpc) is 2.82. The predicted octanol–water partition coefficient (Wildman–Crippen LogP) is 2.47. The monoisotopic (exact) mass is 256 g/mol. The molecule has 0 spiro atoms. The molecule has 2 aliphatic rings. The average molecular weight is 256 g/mol. The van der Waals surface area contributed by atoms with Gasteiger partial charge in [0.15, 0.2) is 6.21 Å². The van der Waals surface area contributed by atoms with Crippen LogP contribution < -0.4 is 5.11 Å². The van der Waals surface area contributed by atoms with E-state index >= 15 is 0 Å². The molecule has 0 amide bonds. The summed E-state index contributed by atoms with van der Waals surface area (Å²) in [6.45, 7) is 0. The van der Waals surface area contributed by atoms with E-state index in [0.29, 0.717) is 12.3 Å². The van der Waals surface area contributed by atoms with Crippen molar-refractivity contribution in [2.24, 2.45) is 11.0 Å². The smallest absolute Gasteiger partial charge is 0.213 e. The highest BCUT2D eigenvalue weighted by atomic mass is 16.3. The van der Waals surface area contributed by atoms with Gasteiger partial charge in [-0.1, -0.05) is 54.3 Å². The predicted molar refractivity (Wildman–Crippen MR) is 74.1 cm³/mol. The van der Waals surface area contributed by atoms with Crippen LogP contribution >= 0.6 is 0 Å². The third kappa shape index (κ3) is 2.86. The third-order valence-corrected chi connectivity index (χ3v) is 4.11. The van der Waals surface area contributed by atoms with E-state index in [1.807, 2.05) is 22.9 Å². The van der Waals surface area contributed by atoms with E-state index in [1.54, 1.807) is 0 Å². The van der Waals surface area contributed by atoms with Gasteiger partial charge in [0, 0.05) is 17.4 Å². The van der Waals surface area contributed by atoms with Crippen molar-refractivity contribution in [2.45, 2.75) is 44.6 Å². The summed E-state index contributed by atoms with van der Waals surface area (Å²) in [6.07, 6.45) is 9.14. The fraction of sp³-hybridized carbons (Fsp3) is 0.500. The molecule has 0 saturated heterocycles. The maximum atomic E-state index is 11.7. The molecule has 0 bridgehead atoms. The lowest BCUT2D eigenvalue weighted by atomic mass is 9.90. The van der Waals surface area contributed by atoms with Gasteiger partial charge in [-0.15, -0.1) is 0 Å². The zero-order chi connectivity index (χ0) is 13.1. The third-order valence-electron chi connectivity index (χ3n) is 4.11. The van der Waals surface area contributed by atoms with Gasteiger partial charge in [-0.2, -0.15) is 0 Å². The maximum Gasteiger partial charge on any atom is 0.213 e. The molecule has 1 aliphatic heterocycles. The van der Waals surface area contributed by atoms with Crippen LogP contribution in [0.5, 0.6) is 0 Å². The first-order valence-corrected chi connectivity index (χ1v) is 7.26. The van der Waals surface area contributed by atoms with E-state index in [9.17, 15) is 5.11 Å². The first-order chi connectivity index (χ1) is 9.33.